The molecule has 0 saturated heterocycles. The summed E-state index contributed by atoms with van der Waals surface area (Å²) in [7, 11) is 0. The molecular formula is C15H22N2O3S. The second kappa shape index (κ2) is 6.13. The number of amides is 1. The van der Waals surface area contributed by atoms with Crippen LogP contribution in [0.2, 0.25) is 0 Å². The highest BCUT2D eigenvalue weighted by Gasteiger charge is 2.43. The maximum atomic E-state index is 12.5. The molecule has 1 aliphatic rings. The fourth-order valence-corrected chi connectivity index (χ4v) is 3.74. The lowest BCUT2D eigenvalue weighted by Gasteiger charge is -2.27. The van der Waals surface area contributed by atoms with Crippen molar-refractivity contribution in [3.63, 3.8) is 0 Å². The van der Waals surface area contributed by atoms with Crippen LogP contribution in [0.3, 0.4) is 0 Å². The number of rotatable bonds is 5. The van der Waals surface area contributed by atoms with Crippen molar-refractivity contribution in [2.24, 2.45) is 17.8 Å². The zero-order valence-electron chi connectivity index (χ0n) is 12.6. The van der Waals surface area contributed by atoms with Crippen molar-refractivity contribution in [2.45, 2.75) is 45.6 Å². The number of carboxylic acid groups (broad SMARTS) is 1. The van der Waals surface area contributed by atoms with E-state index in [-0.39, 0.29) is 5.91 Å². The molecule has 116 valence electrons. The summed E-state index contributed by atoms with van der Waals surface area (Å²) < 4.78 is 0. The van der Waals surface area contributed by atoms with Crippen LogP contribution in [-0.2, 0) is 15.1 Å². The number of aliphatic carboxylic acids is 1. The minimum atomic E-state index is -0.863. The smallest absolute Gasteiger partial charge is 0.307 e. The van der Waals surface area contributed by atoms with Gasteiger partial charge in [0.25, 0.3) is 0 Å². The first kappa shape index (κ1) is 15.9. The Morgan fingerprint density at radius 1 is 1.43 bits per heavy atom. The quantitative estimate of drug-likeness (QED) is 0.876. The van der Waals surface area contributed by atoms with Gasteiger partial charge in [-0.2, -0.15) is 0 Å². The van der Waals surface area contributed by atoms with Gasteiger partial charge in [0.05, 0.1) is 17.4 Å². The number of hydrogen-bond acceptors (Lipinski definition) is 4. The summed E-state index contributed by atoms with van der Waals surface area (Å²) in [4.78, 5) is 28.2. The topological polar surface area (TPSA) is 79.3 Å². The monoisotopic (exact) mass is 310 g/mol. The summed E-state index contributed by atoms with van der Waals surface area (Å²) in [6.45, 7) is 5.83. The second-order valence-corrected chi connectivity index (χ2v) is 7.14. The van der Waals surface area contributed by atoms with Gasteiger partial charge in [-0.05, 0) is 32.6 Å². The predicted octanol–water partition coefficient (Wildman–Crippen LogP) is 2.63. The van der Waals surface area contributed by atoms with Gasteiger partial charge < -0.3 is 10.4 Å². The molecule has 1 aromatic heterocycles. The van der Waals surface area contributed by atoms with Crippen LogP contribution in [0.25, 0.3) is 0 Å². The van der Waals surface area contributed by atoms with Crippen LogP contribution in [0, 0.1) is 17.8 Å². The summed E-state index contributed by atoms with van der Waals surface area (Å²) in [6.07, 6.45) is 3.88. The van der Waals surface area contributed by atoms with Crippen molar-refractivity contribution in [2.75, 3.05) is 0 Å². The largest absolute Gasteiger partial charge is 0.481 e. The third kappa shape index (κ3) is 3.43. The van der Waals surface area contributed by atoms with Crippen LogP contribution in [0.4, 0.5) is 0 Å². The van der Waals surface area contributed by atoms with E-state index < -0.39 is 23.3 Å². The number of carboxylic acids is 1. The van der Waals surface area contributed by atoms with Crippen molar-refractivity contribution < 1.29 is 14.7 Å². The lowest BCUT2D eigenvalue weighted by molar-refractivity contribution is -0.146. The number of nitrogens with zero attached hydrogens (tertiary/aromatic N) is 1. The molecule has 5 nitrogen and oxygen atoms in total. The molecule has 1 heterocycles. The van der Waals surface area contributed by atoms with E-state index in [0.717, 1.165) is 11.4 Å². The van der Waals surface area contributed by atoms with E-state index in [4.69, 9.17) is 0 Å². The predicted molar refractivity (Wildman–Crippen MR) is 80.9 cm³/mol. The SMILES string of the molecule is CCC1CC(C(=O)O)C(C(=O)NC(C)(C)c2nccs2)C1. The molecule has 0 bridgehead atoms. The lowest BCUT2D eigenvalue weighted by Crippen LogP contribution is -2.45. The highest BCUT2D eigenvalue weighted by Crippen LogP contribution is 2.39. The van der Waals surface area contributed by atoms with E-state index >= 15 is 0 Å². The van der Waals surface area contributed by atoms with Crippen LogP contribution in [0.5, 0.6) is 0 Å². The van der Waals surface area contributed by atoms with Crippen LogP contribution in [0.15, 0.2) is 11.6 Å². The first-order chi connectivity index (χ1) is 9.85. The fraction of sp³-hybridized carbons (Fsp3) is 0.667. The van der Waals surface area contributed by atoms with Crippen molar-refractivity contribution in [3.05, 3.63) is 16.6 Å². The van der Waals surface area contributed by atoms with Crippen LogP contribution >= 0.6 is 11.3 Å². The lowest BCUT2D eigenvalue weighted by atomic mass is 9.94. The van der Waals surface area contributed by atoms with E-state index in [1.807, 2.05) is 26.2 Å². The zero-order chi connectivity index (χ0) is 15.6. The molecule has 0 aromatic carbocycles. The average Bonchev–Trinajstić information content (AvgIpc) is 3.07. The van der Waals surface area contributed by atoms with E-state index in [2.05, 4.69) is 10.3 Å². The van der Waals surface area contributed by atoms with Gasteiger partial charge in [0.1, 0.15) is 5.01 Å². The molecule has 6 heteroatoms. The van der Waals surface area contributed by atoms with E-state index in [1.54, 1.807) is 6.20 Å². The van der Waals surface area contributed by atoms with Gasteiger partial charge in [-0.1, -0.05) is 13.3 Å². The summed E-state index contributed by atoms with van der Waals surface area (Å²) in [6, 6.07) is 0. The third-order valence-electron chi connectivity index (χ3n) is 4.29. The van der Waals surface area contributed by atoms with Crippen molar-refractivity contribution in [3.8, 4) is 0 Å². The average molecular weight is 310 g/mol. The Labute approximate surface area is 128 Å². The van der Waals surface area contributed by atoms with Gasteiger partial charge in [0, 0.05) is 11.6 Å². The van der Waals surface area contributed by atoms with Gasteiger partial charge in [-0.25, -0.2) is 4.98 Å². The third-order valence-corrected chi connectivity index (χ3v) is 5.39. The molecule has 2 rings (SSSR count). The number of aromatic nitrogens is 1. The number of carbonyl (C=O) groups excluding carboxylic acids is 1. The molecule has 1 saturated carbocycles. The maximum Gasteiger partial charge on any atom is 0.307 e. The molecule has 1 amide bonds. The molecule has 1 fully saturated rings. The van der Waals surface area contributed by atoms with Crippen molar-refractivity contribution >= 4 is 23.2 Å². The molecule has 3 unspecified atom stereocenters. The van der Waals surface area contributed by atoms with E-state index in [9.17, 15) is 14.7 Å². The number of thiazole rings is 1. The van der Waals surface area contributed by atoms with Crippen LogP contribution in [-0.4, -0.2) is 22.0 Å². The minimum absolute atomic E-state index is 0.168. The molecule has 3 atom stereocenters. The molecule has 0 radical (unpaired) electrons. The standard InChI is InChI=1S/C15H22N2O3S/c1-4-9-7-10(11(8-9)13(19)20)12(18)17-15(2,3)14-16-5-6-21-14/h5-6,9-11H,4,7-8H2,1-3H3,(H,17,18)(H,19,20). The Morgan fingerprint density at radius 2 is 2.10 bits per heavy atom. The van der Waals surface area contributed by atoms with Gasteiger partial charge in [-0.15, -0.1) is 11.3 Å². The minimum Gasteiger partial charge on any atom is -0.481 e. The Balaban J connectivity index is 2.10. The summed E-state index contributed by atoms with van der Waals surface area (Å²) in [5, 5.41) is 15.0. The molecular weight excluding hydrogens is 288 g/mol. The summed E-state index contributed by atoms with van der Waals surface area (Å²) >= 11 is 1.48. The number of carbonyl (C=O) groups is 2. The molecule has 0 spiro atoms. The molecule has 2 N–H and O–H groups in total. The Morgan fingerprint density at radius 3 is 2.62 bits per heavy atom. The first-order valence-electron chi connectivity index (χ1n) is 7.30. The van der Waals surface area contributed by atoms with Gasteiger partial charge in [0.15, 0.2) is 0 Å². The molecule has 1 aromatic rings. The fourth-order valence-electron chi connectivity index (χ4n) is 3.03. The Bertz CT molecular complexity index is 513. The highest BCUT2D eigenvalue weighted by atomic mass is 32.1. The first-order valence-corrected chi connectivity index (χ1v) is 8.18. The van der Waals surface area contributed by atoms with Crippen LogP contribution < -0.4 is 5.32 Å². The maximum absolute atomic E-state index is 12.5. The number of nitrogens with one attached hydrogen (secondary N) is 1. The zero-order valence-corrected chi connectivity index (χ0v) is 13.4. The second-order valence-electron chi connectivity index (χ2n) is 6.25. The van der Waals surface area contributed by atoms with Gasteiger partial charge >= 0.3 is 5.97 Å². The highest BCUT2D eigenvalue weighted by molar-refractivity contribution is 7.09. The van der Waals surface area contributed by atoms with Gasteiger partial charge in [-0.3, -0.25) is 9.59 Å². The van der Waals surface area contributed by atoms with Gasteiger partial charge in [0.2, 0.25) is 5.91 Å². The summed E-state index contributed by atoms with van der Waals surface area (Å²) in [5.74, 6) is -1.71. The Kier molecular flexibility index (Phi) is 4.66. The van der Waals surface area contributed by atoms with E-state index in [0.29, 0.717) is 18.8 Å². The van der Waals surface area contributed by atoms with Crippen molar-refractivity contribution in [1.82, 2.24) is 10.3 Å². The van der Waals surface area contributed by atoms with Crippen molar-refractivity contribution in [1.29, 1.82) is 0 Å². The normalized spacial score (nSPS) is 25.8. The van der Waals surface area contributed by atoms with E-state index in [1.165, 1.54) is 11.3 Å². The summed E-state index contributed by atoms with van der Waals surface area (Å²) in [5.41, 5.74) is -0.571. The molecule has 1 aliphatic carbocycles. The van der Waals surface area contributed by atoms with Crippen LogP contribution in [0.1, 0.15) is 45.0 Å². The molecule has 21 heavy (non-hydrogen) atoms. The Hall–Kier alpha value is -1.43. The number of hydrogen-bond donors (Lipinski definition) is 2. The molecule has 0 aliphatic heterocycles.